The third kappa shape index (κ3) is 4.46. The Morgan fingerprint density at radius 3 is 2.79 bits per heavy atom. The van der Waals surface area contributed by atoms with Gasteiger partial charge in [0, 0.05) is 6.04 Å². The molecular weight excluding hydrogens is 242 g/mol. The van der Waals surface area contributed by atoms with Crippen molar-refractivity contribution >= 4 is 5.97 Å². The molecule has 2 saturated carbocycles. The second-order valence-electron chi connectivity index (χ2n) is 6.05. The van der Waals surface area contributed by atoms with Crippen LogP contribution in [0.4, 0.5) is 0 Å². The van der Waals surface area contributed by atoms with Gasteiger partial charge in [-0.3, -0.25) is 4.79 Å². The summed E-state index contributed by atoms with van der Waals surface area (Å²) in [5.74, 6) is 0.670. The normalized spacial score (nSPS) is 35.3. The van der Waals surface area contributed by atoms with Gasteiger partial charge in [0.05, 0.1) is 18.6 Å². The maximum Gasteiger partial charge on any atom is 0.308 e. The van der Waals surface area contributed by atoms with Crippen molar-refractivity contribution in [3.8, 4) is 0 Å². The van der Waals surface area contributed by atoms with Crippen LogP contribution >= 0.6 is 0 Å². The molecule has 0 aromatic carbocycles. The van der Waals surface area contributed by atoms with Gasteiger partial charge in [-0.2, -0.15) is 0 Å². The average Bonchev–Trinajstić information content (AvgIpc) is 2.83. The molecule has 4 nitrogen and oxygen atoms in total. The number of rotatable bonds is 5. The fourth-order valence-electron chi connectivity index (χ4n) is 3.42. The Hall–Kier alpha value is -0.610. The van der Waals surface area contributed by atoms with Crippen LogP contribution in [0.5, 0.6) is 0 Å². The first kappa shape index (κ1) is 14.8. The van der Waals surface area contributed by atoms with Crippen molar-refractivity contribution < 1.29 is 14.6 Å². The maximum absolute atomic E-state index is 11.8. The van der Waals surface area contributed by atoms with Crippen LogP contribution in [0.1, 0.15) is 51.9 Å². The lowest BCUT2D eigenvalue weighted by Gasteiger charge is -2.29. The van der Waals surface area contributed by atoms with E-state index in [1.807, 2.05) is 6.92 Å². The van der Waals surface area contributed by atoms with Gasteiger partial charge in [-0.1, -0.05) is 6.42 Å². The van der Waals surface area contributed by atoms with Gasteiger partial charge in [-0.05, 0) is 57.9 Å². The zero-order chi connectivity index (χ0) is 13.7. The maximum atomic E-state index is 11.8. The van der Waals surface area contributed by atoms with Gasteiger partial charge >= 0.3 is 5.97 Å². The average molecular weight is 269 g/mol. The van der Waals surface area contributed by atoms with Gasteiger partial charge in [0.1, 0.15) is 0 Å². The number of carbonyl (C=O) groups excluding carboxylic acids is 1. The van der Waals surface area contributed by atoms with Crippen molar-refractivity contribution in [2.24, 2.45) is 11.8 Å². The van der Waals surface area contributed by atoms with Gasteiger partial charge in [0.2, 0.25) is 0 Å². The van der Waals surface area contributed by atoms with Gasteiger partial charge in [0.25, 0.3) is 0 Å². The van der Waals surface area contributed by atoms with E-state index in [0.29, 0.717) is 18.6 Å². The minimum absolute atomic E-state index is 0.0229. The van der Waals surface area contributed by atoms with Gasteiger partial charge in [0.15, 0.2) is 0 Å². The van der Waals surface area contributed by atoms with Crippen molar-refractivity contribution in [2.45, 2.75) is 64.0 Å². The highest BCUT2D eigenvalue weighted by Crippen LogP contribution is 2.28. The second-order valence-corrected chi connectivity index (χ2v) is 6.05. The van der Waals surface area contributed by atoms with E-state index in [1.54, 1.807) is 0 Å². The topological polar surface area (TPSA) is 58.6 Å². The molecule has 4 unspecified atom stereocenters. The molecular formula is C15H27NO3. The summed E-state index contributed by atoms with van der Waals surface area (Å²) in [5, 5.41) is 13.1. The fraction of sp³-hybridized carbons (Fsp3) is 0.933. The number of nitrogens with one attached hydrogen (secondary N) is 1. The van der Waals surface area contributed by atoms with Crippen LogP contribution in [0.15, 0.2) is 0 Å². The first-order valence-corrected chi connectivity index (χ1v) is 7.77. The van der Waals surface area contributed by atoms with Crippen molar-refractivity contribution in [1.29, 1.82) is 0 Å². The number of hydrogen-bond donors (Lipinski definition) is 2. The SMILES string of the molecule is CCOC(=O)C1CCCC(NCC2CCC(O)C2)C1. The van der Waals surface area contributed by atoms with Crippen LogP contribution in [-0.4, -0.2) is 36.4 Å². The van der Waals surface area contributed by atoms with Crippen molar-refractivity contribution in [3.63, 3.8) is 0 Å². The molecule has 0 heterocycles. The Kier molecular flexibility index (Phi) is 5.64. The van der Waals surface area contributed by atoms with Crippen molar-refractivity contribution in [1.82, 2.24) is 5.32 Å². The molecule has 2 rings (SSSR count). The molecule has 0 bridgehead atoms. The molecule has 0 spiro atoms. The van der Waals surface area contributed by atoms with Gasteiger partial charge < -0.3 is 15.2 Å². The molecule has 0 aliphatic heterocycles. The van der Waals surface area contributed by atoms with Crippen LogP contribution in [0, 0.1) is 11.8 Å². The highest BCUT2D eigenvalue weighted by Gasteiger charge is 2.29. The molecule has 0 radical (unpaired) electrons. The fourth-order valence-corrected chi connectivity index (χ4v) is 3.42. The molecule has 19 heavy (non-hydrogen) atoms. The first-order chi connectivity index (χ1) is 9.19. The molecule has 4 heteroatoms. The molecule has 0 aromatic rings. The van der Waals surface area contributed by atoms with Crippen LogP contribution in [-0.2, 0) is 9.53 Å². The van der Waals surface area contributed by atoms with E-state index >= 15 is 0 Å². The van der Waals surface area contributed by atoms with Gasteiger partial charge in [-0.25, -0.2) is 0 Å². The highest BCUT2D eigenvalue weighted by molar-refractivity contribution is 5.72. The molecule has 110 valence electrons. The smallest absolute Gasteiger partial charge is 0.308 e. The Bertz CT molecular complexity index is 295. The molecule has 2 N–H and O–H groups in total. The summed E-state index contributed by atoms with van der Waals surface area (Å²) in [6.45, 7) is 3.33. The third-order valence-corrected chi connectivity index (χ3v) is 4.50. The summed E-state index contributed by atoms with van der Waals surface area (Å²) in [7, 11) is 0. The number of hydrogen-bond acceptors (Lipinski definition) is 4. The van der Waals surface area contributed by atoms with Crippen LogP contribution in [0.25, 0.3) is 0 Å². The zero-order valence-corrected chi connectivity index (χ0v) is 11.9. The lowest BCUT2D eigenvalue weighted by atomic mass is 9.85. The van der Waals surface area contributed by atoms with Gasteiger partial charge in [-0.15, -0.1) is 0 Å². The van der Waals surface area contributed by atoms with E-state index in [0.717, 1.165) is 51.5 Å². The van der Waals surface area contributed by atoms with E-state index in [-0.39, 0.29) is 18.0 Å². The molecule has 2 aliphatic rings. The predicted molar refractivity (Wildman–Crippen MR) is 73.7 cm³/mol. The Labute approximate surface area is 115 Å². The summed E-state index contributed by atoms with van der Waals surface area (Å²) in [6.07, 6.45) is 7.06. The molecule has 0 aromatic heterocycles. The summed E-state index contributed by atoms with van der Waals surface area (Å²) in [4.78, 5) is 11.8. The number of aliphatic hydroxyl groups excluding tert-OH is 1. The molecule has 0 saturated heterocycles. The van der Waals surface area contributed by atoms with E-state index in [1.165, 1.54) is 0 Å². The van der Waals surface area contributed by atoms with Crippen LogP contribution in [0.3, 0.4) is 0 Å². The number of aliphatic hydroxyl groups is 1. The van der Waals surface area contributed by atoms with Crippen LogP contribution in [0.2, 0.25) is 0 Å². The zero-order valence-electron chi connectivity index (χ0n) is 11.9. The molecule has 2 aliphatic carbocycles. The number of ether oxygens (including phenoxy) is 1. The molecule has 0 amide bonds. The third-order valence-electron chi connectivity index (χ3n) is 4.50. The van der Waals surface area contributed by atoms with E-state index in [4.69, 9.17) is 4.74 Å². The second kappa shape index (κ2) is 7.25. The summed E-state index contributed by atoms with van der Waals surface area (Å²) >= 11 is 0. The first-order valence-electron chi connectivity index (χ1n) is 7.77. The minimum atomic E-state index is -0.0922. The number of esters is 1. The monoisotopic (exact) mass is 269 g/mol. The van der Waals surface area contributed by atoms with E-state index in [9.17, 15) is 9.90 Å². The Morgan fingerprint density at radius 1 is 1.26 bits per heavy atom. The summed E-state index contributed by atoms with van der Waals surface area (Å²) in [6, 6.07) is 0.445. The molecule has 4 atom stereocenters. The Balaban J connectivity index is 1.70. The Morgan fingerprint density at radius 2 is 2.11 bits per heavy atom. The van der Waals surface area contributed by atoms with Crippen molar-refractivity contribution in [2.75, 3.05) is 13.2 Å². The van der Waals surface area contributed by atoms with Crippen molar-refractivity contribution in [3.05, 3.63) is 0 Å². The van der Waals surface area contributed by atoms with E-state index in [2.05, 4.69) is 5.32 Å². The van der Waals surface area contributed by atoms with E-state index < -0.39 is 0 Å². The lowest BCUT2D eigenvalue weighted by Crippen LogP contribution is -2.39. The quantitative estimate of drug-likeness (QED) is 0.748. The predicted octanol–water partition coefficient (Wildman–Crippen LogP) is 1.86. The van der Waals surface area contributed by atoms with Crippen LogP contribution < -0.4 is 5.32 Å². The highest BCUT2D eigenvalue weighted by atomic mass is 16.5. The standard InChI is InChI=1S/C15H27NO3/c1-2-19-15(18)12-4-3-5-13(9-12)16-10-11-6-7-14(17)8-11/h11-14,16-17H,2-10H2,1H3. The summed E-state index contributed by atoms with van der Waals surface area (Å²) in [5.41, 5.74) is 0. The summed E-state index contributed by atoms with van der Waals surface area (Å²) < 4.78 is 5.12. The largest absolute Gasteiger partial charge is 0.466 e. The number of carbonyl (C=O) groups is 1. The lowest BCUT2D eigenvalue weighted by molar-refractivity contribution is -0.149. The molecule has 2 fully saturated rings. The minimum Gasteiger partial charge on any atom is -0.466 e.